The molecule has 1 aromatic heterocycles. The summed E-state index contributed by atoms with van der Waals surface area (Å²) in [6, 6.07) is 11.1. The first-order chi connectivity index (χ1) is 9.54. The number of oxazole rings is 1. The fraction of sp³-hybridized carbons (Fsp3) is 0.0714. The monoisotopic (exact) mass is 333 g/mol. The Bertz CT molecular complexity index is 851. The molecule has 0 bridgehead atoms. The van der Waals surface area contributed by atoms with Gasteiger partial charge in [0.2, 0.25) is 0 Å². The van der Waals surface area contributed by atoms with Crippen LogP contribution in [-0.2, 0) is 7.05 Å². The van der Waals surface area contributed by atoms with Crippen molar-refractivity contribution >= 4 is 44.1 Å². The van der Waals surface area contributed by atoms with Crippen molar-refractivity contribution in [1.29, 1.82) is 0 Å². The van der Waals surface area contributed by atoms with Gasteiger partial charge in [0.1, 0.15) is 0 Å². The van der Waals surface area contributed by atoms with Crippen LogP contribution in [0.3, 0.4) is 0 Å². The van der Waals surface area contributed by atoms with Gasteiger partial charge in [0.05, 0.1) is 16.9 Å². The first kappa shape index (κ1) is 12.8. The molecule has 0 atom stereocenters. The van der Waals surface area contributed by atoms with Crippen LogP contribution >= 0.6 is 15.9 Å². The highest BCUT2D eigenvalue weighted by Gasteiger charge is 2.07. The second kappa shape index (κ2) is 4.72. The summed E-state index contributed by atoms with van der Waals surface area (Å²) in [5, 5.41) is 3.21. The zero-order valence-corrected chi connectivity index (χ0v) is 12.3. The van der Waals surface area contributed by atoms with E-state index in [1.807, 2.05) is 30.3 Å². The minimum Gasteiger partial charge on any atom is -0.408 e. The predicted octanol–water partition coefficient (Wildman–Crippen LogP) is 3.22. The van der Waals surface area contributed by atoms with Gasteiger partial charge in [0.25, 0.3) is 0 Å². The average molecular weight is 334 g/mol. The van der Waals surface area contributed by atoms with Crippen LogP contribution in [0.1, 0.15) is 0 Å². The van der Waals surface area contributed by atoms with Crippen molar-refractivity contribution < 1.29 is 4.42 Å². The summed E-state index contributed by atoms with van der Waals surface area (Å²) in [6.07, 6.45) is 0. The first-order valence-electron chi connectivity index (χ1n) is 5.96. The summed E-state index contributed by atoms with van der Waals surface area (Å²) >= 11 is 3.40. The summed E-state index contributed by atoms with van der Waals surface area (Å²) in [7, 11) is 1.67. The number of aryl methyl sites for hydroxylation is 1. The van der Waals surface area contributed by atoms with Gasteiger partial charge in [0.15, 0.2) is 5.58 Å². The lowest BCUT2D eigenvalue weighted by Gasteiger charge is -2.09. The molecular formula is C14H12BrN3O2. The number of aromatic nitrogens is 1. The van der Waals surface area contributed by atoms with E-state index in [1.54, 1.807) is 13.1 Å². The van der Waals surface area contributed by atoms with Gasteiger partial charge in [0, 0.05) is 23.3 Å². The molecule has 1 heterocycles. The molecule has 5 nitrogen and oxygen atoms in total. The average Bonchev–Trinajstić information content (AvgIpc) is 2.69. The molecule has 0 fully saturated rings. The molecule has 0 saturated heterocycles. The molecule has 0 amide bonds. The Labute approximate surface area is 123 Å². The largest absolute Gasteiger partial charge is 0.419 e. The molecule has 0 saturated carbocycles. The van der Waals surface area contributed by atoms with Gasteiger partial charge < -0.3 is 15.5 Å². The smallest absolute Gasteiger partial charge is 0.408 e. The molecule has 0 aliphatic heterocycles. The van der Waals surface area contributed by atoms with Crippen LogP contribution in [0.4, 0.5) is 17.1 Å². The minimum absolute atomic E-state index is 0.376. The molecule has 3 N–H and O–H groups in total. The number of rotatable bonds is 2. The number of benzene rings is 2. The standard InChI is InChI=1S/C14H12BrN3O2/c1-18-12-5-3-9(7-13(12)20-14(18)19)17-11-6-8(15)2-4-10(11)16/h2-7,17H,16H2,1H3. The molecule has 0 spiro atoms. The Kier molecular flexibility index (Phi) is 3.02. The predicted molar refractivity (Wildman–Crippen MR) is 83.3 cm³/mol. The quantitative estimate of drug-likeness (QED) is 0.706. The van der Waals surface area contributed by atoms with E-state index in [9.17, 15) is 4.79 Å². The van der Waals surface area contributed by atoms with E-state index < -0.39 is 0 Å². The van der Waals surface area contributed by atoms with E-state index in [0.29, 0.717) is 11.3 Å². The number of hydrogen-bond acceptors (Lipinski definition) is 4. The summed E-state index contributed by atoms with van der Waals surface area (Å²) in [4.78, 5) is 11.5. The second-order valence-corrected chi connectivity index (χ2v) is 5.38. The third-order valence-corrected chi connectivity index (χ3v) is 3.58. The molecule has 2 aromatic carbocycles. The van der Waals surface area contributed by atoms with Crippen molar-refractivity contribution in [1.82, 2.24) is 4.57 Å². The molecule has 0 radical (unpaired) electrons. The van der Waals surface area contributed by atoms with Crippen LogP contribution in [0.2, 0.25) is 0 Å². The molecule has 6 heteroatoms. The van der Waals surface area contributed by atoms with Gasteiger partial charge in [-0.05, 0) is 30.3 Å². The topological polar surface area (TPSA) is 73.2 Å². The highest BCUT2D eigenvalue weighted by molar-refractivity contribution is 9.10. The fourth-order valence-corrected chi connectivity index (χ4v) is 2.36. The van der Waals surface area contributed by atoms with E-state index in [2.05, 4.69) is 21.2 Å². The van der Waals surface area contributed by atoms with E-state index in [0.717, 1.165) is 21.4 Å². The minimum atomic E-state index is -0.376. The van der Waals surface area contributed by atoms with Gasteiger partial charge in [-0.1, -0.05) is 15.9 Å². The number of nitrogens with zero attached hydrogens (tertiary/aromatic N) is 1. The van der Waals surface area contributed by atoms with Crippen LogP contribution in [0.5, 0.6) is 0 Å². The molecule has 0 aliphatic carbocycles. The number of fused-ring (bicyclic) bond motifs is 1. The maximum atomic E-state index is 11.5. The molecule has 102 valence electrons. The molecule has 3 rings (SSSR count). The van der Waals surface area contributed by atoms with Crippen molar-refractivity contribution in [2.45, 2.75) is 0 Å². The lowest BCUT2D eigenvalue weighted by atomic mass is 10.2. The molecular weight excluding hydrogens is 322 g/mol. The number of nitrogens with two attached hydrogens (primary N) is 1. The fourth-order valence-electron chi connectivity index (χ4n) is 2.00. The zero-order valence-electron chi connectivity index (χ0n) is 10.7. The van der Waals surface area contributed by atoms with E-state index in [4.69, 9.17) is 10.2 Å². The van der Waals surface area contributed by atoms with Crippen LogP contribution in [0.25, 0.3) is 11.1 Å². The van der Waals surface area contributed by atoms with Crippen molar-refractivity contribution in [3.8, 4) is 0 Å². The maximum Gasteiger partial charge on any atom is 0.419 e. The SMILES string of the molecule is Cn1c(=O)oc2cc(Nc3cc(Br)ccc3N)ccc21. The highest BCUT2D eigenvalue weighted by atomic mass is 79.9. The summed E-state index contributed by atoms with van der Waals surface area (Å²) < 4.78 is 7.55. The summed E-state index contributed by atoms with van der Waals surface area (Å²) in [5.41, 5.74) is 9.44. The highest BCUT2D eigenvalue weighted by Crippen LogP contribution is 2.28. The van der Waals surface area contributed by atoms with Gasteiger partial charge in [-0.3, -0.25) is 4.57 Å². The first-order valence-corrected chi connectivity index (χ1v) is 6.75. The summed E-state index contributed by atoms with van der Waals surface area (Å²) in [5.74, 6) is -0.376. The Morgan fingerprint density at radius 2 is 2.05 bits per heavy atom. The van der Waals surface area contributed by atoms with Crippen LogP contribution in [0, 0.1) is 0 Å². The van der Waals surface area contributed by atoms with Crippen LogP contribution in [-0.4, -0.2) is 4.57 Å². The van der Waals surface area contributed by atoms with E-state index in [1.165, 1.54) is 4.57 Å². The second-order valence-electron chi connectivity index (χ2n) is 4.47. The van der Waals surface area contributed by atoms with Gasteiger partial charge in [-0.15, -0.1) is 0 Å². The van der Waals surface area contributed by atoms with E-state index in [-0.39, 0.29) is 5.76 Å². The molecule has 0 aliphatic rings. The summed E-state index contributed by atoms with van der Waals surface area (Å²) in [6.45, 7) is 0. The lowest BCUT2D eigenvalue weighted by molar-refractivity contribution is 0.528. The Balaban J connectivity index is 2.02. The molecule has 20 heavy (non-hydrogen) atoms. The zero-order chi connectivity index (χ0) is 14.3. The number of hydrogen-bond donors (Lipinski definition) is 2. The van der Waals surface area contributed by atoms with Gasteiger partial charge >= 0.3 is 5.76 Å². The third-order valence-electron chi connectivity index (χ3n) is 3.09. The van der Waals surface area contributed by atoms with Crippen molar-refractivity contribution in [2.24, 2.45) is 7.05 Å². The van der Waals surface area contributed by atoms with Crippen molar-refractivity contribution in [3.63, 3.8) is 0 Å². The van der Waals surface area contributed by atoms with Crippen LogP contribution in [0.15, 0.2) is 50.1 Å². The number of nitrogens with one attached hydrogen (secondary N) is 1. The van der Waals surface area contributed by atoms with Crippen molar-refractivity contribution in [2.75, 3.05) is 11.1 Å². The van der Waals surface area contributed by atoms with E-state index >= 15 is 0 Å². The number of halogens is 1. The number of anilines is 3. The normalized spacial score (nSPS) is 10.9. The van der Waals surface area contributed by atoms with Crippen molar-refractivity contribution in [3.05, 3.63) is 51.4 Å². The Morgan fingerprint density at radius 1 is 1.25 bits per heavy atom. The van der Waals surface area contributed by atoms with Crippen LogP contribution < -0.4 is 16.8 Å². The molecule has 3 aromatic rings. The maximum absolute atomic E-state index is 11.5. The lowest BCUT2D eigenvalue weighted by Crippen LogP contribution is -2.08. The Hall–Kier alpha value is -2.21. The molecule has 0 unspecified atom stereocenters. The number of nitrogen functional groups attached to an aromatic ring is 1. The van der Waals surface area contributed by atoms with Gasteiger partial charge in [-0.2, -0.15) is 0 Å². The van der Waals surface area contributed by atoms with Gasteiger partial charge in [-0.25, -0.2) is 4.79 Å². The third kappa shape index (κ3) is 2.18. The Morgan fingerprint density at radius 3 is 2.85 bits per heavy atom.